The summed E-state index contributed by atoms with van der Waals surface area (Å²) in [6.45, 7) is 0.895. The largest absolute Gasteiger partial charge is 0.335 e. The van der Waals surface area contributed by atoms with Crippen LogP contribution < -0.4 is 5.32 Å². The van der Waals surface area contributed by atoms with Gasteiger partial charge in [0.15, 0.2) is 0 Å². The van der Waals surface area contributed by atoms with Crippen molar-refractivity contribution in [2.45, 2.75) is 4.90 Å². The highest BCUT2D eigenvalue weighted by Gasteiger charge is 2.28. The van der Waals surface area contributed by atoms with E-state index in [1.807, 2.05) is 0 Å². The van der Waals surface area contributed by atoms with E-state index in [1.54, 1.807) is 11.2 Å². The lowest BCUT2D eigenvalue weighted by Gasteiger charge is -2.34. The molecule has 2 aromatic rings. The Labute approximate surface area is 170 Å². The fourth-order valence-electron chi connectivity index (χ4n) is 3.02. The summed E-state index contributed by atoms with van der Waals surface area (Å²) in [4.78, 5) is 40.3. The normalized spacial score (nSPS) is 13.9. The molecule has 3 amide bonds. The quantitative estimate of drug-likeness (QED) is 0.613. The van der Waals surface area contributed by atoms with Crippen LogP contribution >= 0.6 is 11.8 Å². The smallest absolute Gasteiger partial charge is 0.313 e. The van der Waals surface area contributed by atoms with Crippen molar-refractivity contribution in [3.05, 3.63) is 59.7 Å². The average Bonchev–Trinajstić information content (AvgIpc) is 2.73. The SMILES string of the molecule is CSc1c(F)cccc1NC(=O)C(=O)N1CCN(C(=O)c2ccc(F)cc2)CC1. The number of piperazine rings is 1. The van der Waals surface area contributed by atoms with E-state index in [9.17, 15) is 23.2 Å². The van der Waals surface area contributed by atoms with Gasteiger partial charge in [0.05, 0.1) is 10.6 Å². The van der Waals surface area contributed by atoms with E-state index in [1.165, 1.54) is 47.4 Å². The molecule has 0 radical (unpaired) electrons. The number of nitrogens with one attached hydrogen (secondary N) is 1. The van der Waals surface area contributed by atoms with Crippen LogP contribution in [0.3, 0.4) is 0 Å². The molecule has 1 aliphatic heterocycles. The first-order valence-corrected chi connectivity index (χ1v) is 10.1. The van der Waals surface area contributed by atoms with Crippen LogP contribution in [0, 0.1) is 11.6 Å². The molecule has 29 heavy (non-hydrogen) atoms. The molecule has 0 spiro atoms. The summed E-state index contributed by atoms with van der Waals surface area (Å²) in [5.74, 6) is -2.76. The van der Waals surface area contributed by atoms with Crippen LogP contribution in [-0.2, 0) is 9.59 Å². The van der Waals surface area contributed by atoms with Crippen LogP contribution in [0.25, 0.3) is 0 Å². The summed E-state index contributed by atoms with van der Waals surface area (Å²) < 4.78 is 26.8. The molecule has 6 nitrogen and oxygen atoms in total. The van der Waals surface area contributed by atoms with Crippen LogP contribution in [0.5, 0.6) is 0 Å². The topological polar surface area (TPSA) is 69.7 Å². The molecule has 0 atom stereocenters. The summed E-state index contributed by atoms with van der Waals surface area (Å²) in [6.07, 6.45) is 1.67. The molecule has 0 aromatic heterocycles. The van der Waals surface area contributed by atoms with Gasteiger partial charge < -0.3 is 15.1 Å². The number of carbonyl (C=O) groups excluding carboxylic acids is 3. The van der Waals surface area contributed by atoms with Gasteiger partial charge in [-0.1, -0.05) is 6.07 Å². The maximum atomic E-state index is 13.8. The van der Waals surface area contributed by atoms with Crippen LogP contribution in [0.4, 0.5) is 14.5 Å². The van der Waals surface area contributed by atoms with Crippen LogP contribution in [0.15, 0.2) is 47.4 Å². The van der Waals surface area contributed by atoms with E-state index in [0.717, 1.165) is 11.8 Å². The number of halogens is 2. The van der Waals surface area contributed by atoms with E-state index < -0.39 is 23.4 Å². The van der Waals surface area contributed by atoms with Gasteiger partial charge in [0.2, 0.25) is 0 Å². The van der Waals surface area contributed by atoms with Gasteiger partial charge in [-0.25, -0.2) is 8.78 Å². The van der Waals surface area contributed by atoms with Crippen LogP contribution in [0.1, 0.15) is 10.4 Å². The predicted octanol–water partition coefficient (Wildman–Crippen LogP) is 2.61. The molecule has 0 bridgehead atoms. The zero-order chi connectivity index (χ0) is 21.0. The maximum absolute atomic E-state index is 13.8. The summed E-state index contributed by atoms with van der Waals surface area (Å²) in [5.41, 5.74) is 0.598. The Kier molecular flexibility index (Phi) is 6.48. The maximum Gasteiger partial charge on any atom is 0.313 e. The fraction of sp³-hybridized carbons (Fsp3) is 0.250. The summed E-state index contributed by atoms with van der Waals surface area (Å²) >= 11 is 1.13. The Hall–Kier alpha value is -2.94. The van der Waals surface area contributed by atoms with Gasteiger partial charge in [-0.2, -0.15) is 0 Å². The first-order valence-electron chi connectivity index (χ1n) is 8.88. The molecular formula is C20H19F2N3O3S. The molecule has 0 unspecified atom stereocenters. The van der Waals surface area contributed by atoms with Crippen molar-refractivity contribution in [3.63, 3.8) is 0 Å². The number of rotatable bonds is 3. The number of benzene rings is 2. The van der Waals surface area contributed by atoms with Gasteiger partial charge in [-0.05, 0) is 42.7 Å². The second-order valence-electron chi connectivity index (χ2n) is 6.37. The predicted molar refractivity (Wildman–Crippen MR) is 106 cm³/mol. The Bertz CT molecular complexity index is 929. The molecule has 0 aliphatic carbocycles. The lowest BCUT2D eigenvalue weighted by atomic mass is 10.1. The Morgan fingerprint density at radius 1 is 0.931 bits per heavy atom. The van der Waals surface area contributed by atoms with E-state index >= 15 is 0 Å². The first kappa shape index (κ1) is 20.8. The lowest BCUT2D eigenvalue weighted by molar-refractivity contribution is -0.144. The zero-order valence-electron chi connectivity index (χ0n) is 15.7. The van der Waals surface area contributed by atoms with Gasteiger partial charge in [0, 0.05) is 31.7 Å². The zero-order valence-corrected chi connectivity index (χ0v) is 16.5. The Morgan fingerprint density at radius 2 is 1.55 bits per heavy atom. The second-order valence-corrected chi connectivity index (χ2v) is 7.18. The van der Waals surface area contributed by atoms with Crippen molar-refractivity contribution in [2.75, 3.05) is 37.8 Å². The Balaban J connectivity index is 1.58. The number of hydrogen-bond donors (Lipinski definition) is 1. The third-order valence-electron chi connectivity index (χ3n) is 4.56. The highest BCUT2D eigenvalue weighted by molar-refractivity contribution is 7.98. The number of nitrogens with zero attached hydrogens (tertiary/aromatic N) is 2. The summed E-state index contributed by atoms with van der Waals surface area (Å²) in [6, 6.07) is 9.50. The molecule has 1 fully saturated rings. The third-order valence-corrected chi connectivity index (χ3v) is 5.38. The molecule has 1 N–H and O–H groups in total. The molecule has 152 valence electrons. The van der Waals surface area contributed by atoms with E-state index in [4.69, 9.17) is 0 Å². The molecular weight excluding hydrogens is 400 g/mol. The minimum Gasteiger partial charge on any atom is -0.335 e. The van der Waals surface area contributed by atoms with Gasteiger partial charge in [-0.3, -0.25) is 14.4 Å². The van der Waals surface area contributed by atoms with Crippen LogP contribution in [0.2, 0.25) is 0 Å². The molecule has 0 saturated carbocycles. The average molecular weight is 419 g/mol. The molecule has 9 heteroatoms. The van der Waals surface area contributed by atoms with Crippen molar-refractivity contribution in [1.82, 2.24) is 9.80 Å². The molecule has 1 saturated heterocycles. The molecule has 1 heterocycles. The Morgan fingerprint density at radius 3 is 2.17 bits per heavy atom. The highest BCUT2D eigenvalue weighted by Crippen LogP contribution is 2.28. The van der Waals surface area contributed by atoms with Gasteiger partial charge in [0.25, 0.3) is 5.91 Å². The minimum absolute atomic E-state index is 0.192. The van der Waals surface area contributed by atoms with E-state index in [0.29, 0.717) is 5.56 Å². The summed E-state index contributed by atoms with van der Waals surface area (Å²) in [7, 11) is 0. The second kappa shape index (κ2) is 9.04. The van der Waals surface area contributed by atoms with Crippen molar-refractivity contribution in [2.24, 2.45) is 0 Å². The van der Waals surface area contributed by atoms with Gasteiger partial charge >= 0.3 is 11.8 Å². The number of anilines is 1. The first-order chi connectivity index (χ1) is 13.9. The monoisotopic (exact) mass is 419 g/mol. The minimum atomic E-state index is -0.857. The van der Waals surface area contributed by atoms with E-state index in [-0.39, 0.29) is 42.7 Å². The van der Waals surface area contributed by atoms with E-state index in [2.05, 4.69) is 5.32 Å². The highest BCUT2D eigenvalue weighted by atomic mass is 32.2. The third kappa shape index (κ3) is 4.73. The molecule has 3 rings (SSSR count). The van der Waals surface area contributed by atoms with Crippen molar-refractivity contribution in [3.8, 4) is 0 Å². The van der Waals surface area contributed by atoms with Gasteiger partial charge in [-0.15, -0.1) is 11.8 Å². The fourth-order valence-corrected chi connectivity index (χ4v) is 3.62. The summed E-state index contributed by atoms with van der Waals surface area (Å²) in [5, 5.41) is 2.46. The van der Waals surface area contributed by atoms with Gasteiger partial charge in [0.1, 0.15) is 11.6 Å². The molecule has 2 aromatic carbocycles. The van der Waals surface area contributed by atoms with Crippen molar-refractivity contribution < 1.29 is 23.2 Å². The van der Waals surface area contributed by atoms with Crippen LogP contribution in [-0.4, -0.2) is 60.0 Å². The number of amides is 3. The van der Waals surface area contributed by atoms with Crippen molar-refractivity contribution in [1.29, 1.82) is 0 Å². The standard InChI is InChI=1S/C20H19F2N3O3S/c1-29-17-15(22)3-2-4-16(17)23-18(26)20(28)25-11-9-24(10-12-25)19(27)13-5-7-14(21)8-6-13/h2-8H,9-12H2,1H3,(H,23,26). The van der Waals surface area contributed by atoms with Crippen molar-refractivity contribution >= 4 is 35.2 Å². The number of carbonyl (C=O) groups is 3. The lowest BCUT2D eigenvalue weighted by Crippen LogP contribution is -2.53. The molecule has 1 aliphatic rings. The number of thioether (sulfide) groups is 1. The number of hydrogen-bond acceptors (Lipinski definition) is 4.